The van der Waals surface area contributed by atoms with Crippen LogP contribution in [0.1, 0.15) is 18.7 Å². The Morgan fingerprint density at radius 3 is 2.70 bits per heavy atom. The van der Waals surface area contributed by atoms with Gasteiger partial charge in [0, 0.05) is 17.8 Å². The van der Waals surface area contributed by atoms with Gasteiger partial charge in [-0.3, -0.25) is 0 Å². The molecule has 0 saturated carbocycles. The van der Waals surface area contributed by atoms with E-state index < -0.39 is 30.6 Å². The second-order valence-corrected chi connectivity index (χ2v) is 5.30. The molecule has 1 aliphatic rings. The van der Waals surface area contributed by atoms with Crippen LogP contribution in [-0.2, 0) is 4.74 Å². The van der Waals surface area contributed by atoms with E-state index in [4.69, 9.17) is 4.74 Å². The Balaban J connectivity index is 2.02. The highest BCUT2D eigenvalue weighted by atomic mass is 16.6. The van der Waals surface area contributed by atoms with Crippen molar-refractivity contribution in [1.82, 2.24) is 9.55 Å². The highest BCUT2D eigenvalue weighted by molar-refractivity contribution is 5.79. The monoisotopic (exact) mass is 278 g/mol. The third-order valence-corrected chi connectivity index (χ3v) is 3.86. The zero-order valence-corrected chi connectivity index (χ0v) is 11.3. The number of aliphatic hydroxyl groups is 3. The van der Waals surface area contributed by atoms with Gasteiger partial charge in [0.1, 0.15) is 24.0 Å². The van der Waals surface area contributed by atoms with Crippen molar-refractivity contribution >= 4 is 11.0 Å². The minimum atomic E-state index is -1.12. The van der Waals surface area contributed by atoms with Crippen LogP contribution in [0.3, 0.4) is 0 Å². The third-order valence-electron chi connectivity index (χ3n) is 3.86. The summed E-state index contributed by atoms with van der Waals surface area (Å²) in [4.78, 5) is 4.30. The number of hydrogen-bond acceptors (Lipinski definition) is 5. The molecule has 2 aromatic rings. The number of aromatic nitrogens is 2. The molecule has 0 amide bonds. The normalized spacial score (nSPS) is 31.9. The first-order valence-electron chi connectivity index (χ1n) is 6.62. The number of hydrogen-bond donors (Lipinski definition) is 3. The maximum atomic E-state index is 10.1. The second-order valence-electron chi connectivity index (χ2n) is 5.30. The SMILES string of the molecule is Cc1ccnc2c1ccn2C1OC(C(C)O)C(O)C1O. The molecule has 0 radical (unpaired) electrons. The van der Waals surface area contributed by atoms with Crippen LogP contribution in [0.15, 0.2) is 24.5 Å². The van der Waals surface area contributed by atoms with E-state index in [9.17, 15) is 15.3 Å². The molecule has 0 bridgehead atoms. The van der Waals surface area contributed by atoms with E-state index in [1.54, 1.807) is 17.0 Å². The number of aliphatic hydroxyl groups excluding tert-OH is 3. The van der Waals surface area contributed by atoms with Gasteiger partial charge in [0.05, 0.1) is 6.10 Å². The van der Waals surface area contributed by atoms with E-state index in [2.05, 4.69) is 4.98 Å². The highest BCUT2D eigenvalue weighted by Gasteiger charge is 2.45. The fraction of sp³-hybridized carbons (Fsp3) is 0.500. The molecule has 0 aromatic carbocycles. The smallest absolute Gasteiger partial charge is 0.164 e. The van der Waals surface area contributed by atoms with Crippen LogP contribution in [-0.4, -0.2) is 49.3 Å². The van der Waals surface area contributed by atoms with Crippen molar-refractivity contribution in [2.75, 3.05) is 0 Å². The van der Waals surface area contributed by atoms with Crippen LogP contribution in [0.25, 0.3) is 11.0 Å². The fourth-order valence-electron chi connectivity index (χ4n) is 2.71. The Hall–Kier alpha value is -1.47. The maximum Gasteiger partial charge on any atom is 0.164 e. The van der Waals surface area contributed by atoms with E-state index in [0.29, 0.717) is 5.65 Å². The van der Waals surface area contributed by atoms with Gasteiger partial charge in [-0.05, 0) is 31.5 Å². The van der Waals surface area contributed by atoms with Crippen molar-refractivity contribution in [3.8, 4) is 0 Å². The van der Waals surface area contributed by atoms with E-state index in [-0.39, 0.29) is 0 Å². The summed E-state index contributed by atoms with van der Waals surface area (Å²) in [7, 11) is 0. The molecule has 5 atom stereocenters. The van der Waals surface area contributed by atoms with E-state index >= 15 is 0 Å². The molecule has 0 spiro atoms. The summed E-state index contributed by atoms with van der Waals surface area (Å²) in [5.41, 5.74) is 1.77. The van der Waals surface area contributed by atoms with E-state index in [1.165, 1.54) is 6.92 Å². The molecule has 108 valence electrons. The lowest BCUT2D eigenvalue weighted by atomic mass is 10.1. The number of fused-ring (bicyclic) bond motifs is 1. The van der Waals surface area contributed by atoms with Crippen molar-refractivity contribution in [3.63, 3.8) is 0 Å². The molecule has 0 aliphatic carbocycles. The van der Waals surface area contributed by atoms with Crippen molar-refractivity contribution in [2.45, 2.75) is 44.5 Å². The Kier molecular flexibility index (Phi) is 3.25. The zero-order valence-electron chi connectivity index (χ0n) is 11.3. The average Bonchev–Trinajstić information content (AvgIpc) is 2.94. The minimum absolute atomic E-state index is 0.687. The molecule has 6 heteroatoms. The van der Waals surface area contributed by atoms with Gasteiger partial charge in [-0.2, -0.15) is 0 Å². The van der Waals surface area contributed by atoms with Gasteiger partial charge in [0.2, 0.25) is 0 Å². The quantitative estimate of drug-likeness (QED) is 0.737. The standard InChI is InChI=1S/C14H18N2O4/c1-7-3-5-15-13-9(7)4-6-16(13)14-11(19)10(18)12(20-14)8(2)17/h3-6,8,10-12,14,17-19H,1-2H3. The zero-order chi connectivity index (χ0) is 14.4. The van der Waals surface area contributed by atoms with Crippen LogP contribution < -0.4 is 0 Å². The summed E-state index contributed by atoms with van der Waals surface area (Å²) >= 11 is 0. The summed E-state index contributed by atoms with van der Waals surface area (Å²) in [5.74, 6) is 0. The first-order chi connectivity index (χ1) is 9.50. The topological polar surface area (TPSA) is 87.7 Å². The Labute approximate surface area is 116 Å². The van der Waals surface area contributed by atoms with Gasteiger partial charge in [-0.1, -0.05) is 0 Å². The molecule has 1 fully saturated rings. The van der Waals surface area contributed by atoms with Crippen LogP contribution in [0.5, 0.6) is 0 Å². The number of ether oxygens (including phenoxy) is 1. The van der Waals surface area contributed by atoms with Gasteiger partial charge in [0.25, 0.3) is 0 Å². The molecule has 2 aromatic heterocycles. The van der Waals surface area contributed by atoms with E-state index in [1.807, 2.05) is 19.1 Å². The lowest BCUT2D eigenvalue weighted by Crippen LogP contribution is -2.37. The van der Waals surface area contributed by atoms with Gasteiger partial charge >= 0.3 is 0 Å². The number of rotatable bonds is 2. The number of aryl methyl sites for hydroxylation is 1. The largest absolute Gasteiger partial charge is 0.391 e. The number of pyridine rings is 1. The van der Waals surface area contributed by atoms with Crippen molar-refractivity contribution in [2.24, 2.45) is 0 Å². The first-order valence-corrected chi connectivity index (χ1v) is 6.62. The highest BCUT2D eigenvalue weighted by Crippen LogP contribution is 2.33. The second kappa shape index (κ2) is 4.82. The molecule has 1 saturated heterocycles. The Morgan fingerprint density at radius 2 is 2.05 bits per heavy atom. The first kappa shape index (κ1) is 13.5. The van der Waals surface area contributed by atoms with Gasteiger partial charge < -0.3 is 24.6 Å². The third kappa shape index (κ3) is 1.92. The predicted octanol–water partition coefficient (Wildman–Crippen LogP) is 0.345. The molecule has 6 nitrogen and oxygen atoms in total. The van der Waals surface area contributed by atoms with E-state index in [0.717, 1.165) is 10.9 Å². The van der Waals surface area contributed by atoms with Crippen molar-refractivity contribution < 1.29 is 20.1 Å². The van der Waals surface area contributed by atoms with Gasteiger partial charge in [-0.15, -0.1) is 0 Å². The summed E-state index contributed by atoms with van der Waals surface area (Å²) in [6, 6.07) is 3.81. The minimum Gasteiger partial charge on any atom is -0.391 e. The molecule has 3 rings (SSSR count). The van der Waals surface area contributed by atoms with Crippen LogP contribution >= 0.6 is 0 Å². The summed E-state index contributed by atoms with van der Waals surface area (Å²) in [6.45, 7) is 3.51. The molecule has 1 aliphatic heterocycles. The molecule has 20 heavy (non-hydrogen) atoms. The van der Waals surface area contributed by atoms with Crippen LogP contribution in [0.4, 0.5) is 0 Å². The molecular formula is C14H18N2O4. The molecule has 3 heterocycles. The maximum absolute atomic E-state index is 10.1. The molecular weight excluding hydrogens is 260 g/mol. The van der Waals surface area contributed by atoms with Crippen molar-refractivity contribution in [3.05, 3.63) is 30.1 Å². The molecule has 5 unspecified atom stereocenters. The fourth-order valence-corrected chi connectivity index (χ4v) is 2.71. The number of nitrogens with zero attached hydrogens (tertiary/aromatic N) is 2. The van der Waals surface area contributed by atoms with Crippen LogP contribution in [0.2, 0.25) is 0 Å². The summed E-state index contributed by atoms with van der Waals surface area (Å²) in [5, 5.41) is 30.7. The van der Waals surface area contributed by atoms with Crippen molar-refractivity contribution in [1.29, 1.82) is 0 Å². The van der Waals surface area contributed by atoms with Gasteiger partial charge in [0.15, 0.2) is 6.23 Å². The molecule has 3 N–H and O–H groups in total. The lowest BCUT2D eigenvalue weighted by molar-refractivity contribution is -0.0775. The van der Waals surface area contributed by atoms with Gasteiger partial charge in [-0.25, -0.2) is 4.98 Å². The summed E-state index contributed by atoms with van der Waals surface area (Å²) in [6.07, 6.45) is -1.18. The lowest BCUT2D eigenvalue weighted by Gasteiger charge is -2.18. The van der Waals surface area contributed by atoms with Crippen LogP contribution in [0, 0.1) is 6.92 Å². The average molecular weight is 278 g/mol. The Morgan fingerprint density at radius 1 is 1.30 bits per heavy atom. The summed E-state index contributed by atoms with van der Waals surface area (Å²) < 4.78 is 7.31. The predicted molar refractivity (Wildman–Crippen MR) is 72.1 cm³/mol. The Bertz CT molecular complexity index is 625.